The third-order valence-corrected chi connectivity index (χ3v) is 2.92. The molecule has 1 N–H and O–H groups in total. The van der Waals surface area contributed by atoms with Crippen LogP contribution < -0.4 is 0 Å². The maximum atomic E-state index is 11.4. The minimum atomic E-state index is 0.213. The third-order valence-electron chi connectivity index (χ3n) is 2.92. The summed E-state index contributed by atoms with van der Waals surface area (Å²) >= 11 is 0. The lowest BCUT2D eigenvalue weighted by Gasteiger charge is -2.01. The molecule has 96 valence electrons. The Labute approximate surface area is 100 Å². The number of hydrogen-bond donors (Lipinski definition) is 1. The van der Waals surface area contributed by atoms with E-state index in [9.17, 15) is 4.79 Å². The first kappa shape index (κ1) is 15.6. The average Bonchev–Trinajstić information content (AvgIpc) is 2.28. The van der Waals surface area contributed by atoms with E-state index in [4.69, 9.17) is 5.11 Å². The maximum Gasteiger partial charge on any atom is 0.132 e. The van der Waals surface area contributed by atoms with E-state index >= 15 is 0 Å². The fourth-order valence-electron chi connectivity index (χ4n) is 1.84. The van der Waals surface area contributed by atoms with E-state index in [-0.39, 0.29) is 6.61 Å². The monoisotopic (exact) mass is 228 g/mol. The van der Waals surface area contributed by atoms with E-state index in [1.807, 2.05) is 0 Å². The van der Waals surface area contributed by atoms with Crippen LogP contribution in [0.2, 0.25) is 0 Å². The van der Waals surface area contributed by atoms with Gasteiger partial charge in [-0.15, -0.1) is 0 Å². The van der Waals surface area contributed by atoms with Gasteiger partial charge >= 0.3 is 0 Å². The second-order valence-corrected chi connectivity index (χ2v) is 4.59. The van der Waals surface area contributed by atoms with Crippen molar-refractivity contribution in [3.05, 3.63) is 0 Å². The molecule has 0 rings (SSSR count). The number of Topliss-reactive ketones (excluding diaryl/α,β-unsaturated/α-hetero) is 1. The number of carbonyl (C=O) groups is 1. The lowest BCUT2D eigenvalue weighted by atomic mass is 10.0. The van der Waals surface area contributed by atoms with Crippen LogP contribution in [0, 0.1) is 0 Å². The zero-order valence-electron chi connectivity index (χ0n) is 10.8. The lowest BCUT2D eigenvalue weighted by Crippen LogP contribution is -1.98. The van der Waals surface area contributed by atoms with E-state index in [1.54, 1.807) is 0 Å². The first-order valence-corrected chi connectivity index (χ1v) is 6.93. The van der Waals surface area contributed by atoms with Gasteiger partial charge in [0.15, 0.2) is 0 Å². The Kier molecular flexibility index (Phi) is 12.4. The molecule has 2 nitrogen and oxygen atoms in total. The number of ketones is 1. The number of rotatable bonds is 12. The predicted octanol–water partition coefficient (Wildman–Crippen LogP) is 3.86. The van der Waals surface area contributed by atoms with E-state index in [0.717, 1.165) is 25.7 Å². The number of aliphatic hydroxyl groups is 1. The van der Waals surface area contributed by atoms with Crippen molar-refractivity contribution in [1.29, 1.82) is 0 Å². The molecule has 0 unspecified atom stereocenters. The highest BCUT2D eigenvalue weighted by Gasteiger charge is 2.01. The molecule has 0 aliphatic heterocycles. The quantitative estimate of drug-likeness (QED) is 0.515. The van der Waals surface area contributed by atoms with Gasteiger partial charge in [0.1, 0.15) is 5.78 Å². The normalized spacial score (nSPS) is 10.6. The molecule has 0 radical (unpaired) electrons. The Hall–Kier alpha value is -0.370. The van der Waals surface area contributed by atoms with Gasteiger partial charge in [-0.3, -0.25) is 4.79 Å². The van der Waals surface area contributed by atoms with Gasteiger partial charge in [0.25, 0.3) is 0 Å². The Morgan fingerprint density at radius 1 is 0.812 bits per heavy atom. The number of aliphatic hydroxyl groups excluding tert-OH is 1. The highest BCUT2D eigenvalue weighted by molar-refractivity contribution is 5.78. The summed E-state index contributed by atoms with van der Waals surface area (Å²) in [6.45, 7) is 2.44. The van der Waals surface area contributed by atoms with Crippen molar-refractivity contribution < 1.29 is 9.90 Å². The lowest BCUT2D eigenvalue weighted by molar-refractivity contribution is -0.119. The van der Waals surface area contributed by atoms with Crippen molar-refractivity contribution in [2.75, 3.05) is 6.61 Å². The standard InChI is InChI=1S/C14H28O2/c1-2-3-4-5-6-7-8-11-14(16)12-9-10-13-15/h15H,2-13H2,1H3. The Balaban J connectivity index is 3.09. The Bertz CT molecular complexity index is 155. The van der Waals surface area contributed by atoms with Gasteiger partial charge in [-0.25, -0.2) is 0 Å². The first-order valence-electron chi connectivity index (χ1n) is 6.93. The number of carbonyl (C=O) groups excluding carboxylic acids is 1. The molecule has 0 aliphatic rings. The van der Waals surface area contributed by atoms with E-state index in [2.05, 4.69) is 6.92 Å². The van der Waals surface area contributed by atoms with Crippen molar-refractivity contribution in [1.82, 2.24) is 0 Å². The summed E-state index contributed by atoms with van der Waals surface area (Å²) < 4.78 is 0. The molecular weight excluding hydrogens is 200 g/mol. The molecule has 0 fully saturated rings. The molecular formula is C14H28O2. The average molecular weight is 228 g/mol. The summed E-state index contributed by atoms with van der Waals surface area (Å²) in [7, 11) is 0. The summed E-state index contributed by atoms with van der Waals surface area (Å²) in [4.78, 5) is 11.4. The van der Waals surface area contributed by atoms with Gasteiger partial charge in [-0.2, -0.15) is 0 Å². The zero-order chi connectivity index (χ0) is 12.1. The summed E-state index contributed by atoms with van der Waals surface area (Å²) in [5.74, 6) is 0.377. The van der Waals surface area contributed by atoms with Gasteiger partial charge in [0, 0.05) is 19.4 Å². The molecule has 16 heavy (non-hydrogen) atoms. The zero-order valence-corrected chi connectivity index (χ0v) is 10.8. The molecule has 0 saturated heterocycles. The molecule has 0 heterocycles. The van der Waals surface area contributed by atoms with Gasteiger partial charge in [-0.05, 0) is 19.3 Å². The fourth-order valence-corrected chi connectivity index (χ4v) is 1.84. The highest BCUT2D eigenvalue weighted by Crippen LogP contribution is 2.09. The van der Waals surface area contributed by atoms with Crippen LogP contribution in [0.1, 0.15) is 77.6 Å². The van der Waals surface area contributed by atoms with Crippen molar-refractivity contribution in [2.24, 2.45) is 0 Å². The summed E-state index contributed by atoms with van der Waals surface area (Å²) in [6.07, 6.45) is 11.9. The van der Waals surface area contributed by atoms with Crippen molar-refractivity contribution in [2.45, 2.75) is 77.6 Å². The maximum absolute atomic E-state index is 11.4. The van der Waals surface area contributed by atoms with Crippen molar-refractivity contribution in [3.8, 4) is 0 Å². The number of hydrogen-bond acceptors (Lipinski definition) is 2. The van der Waals surface area contributed by atoms with Crippen LogP contribution >= 0.6 is 0 Å². The van der Waals surface area contributed by atoms with Crippen LogP contribution in [0.4, 0.5) is 0 Å². The predicted molar refractivity (Wildman–Crippen MR) is 68.6 cm³/mol. The van der Waals surface area contributed by atoms with Gasteiger partial charge < -0.3 is 5.11 Å². The molecule has 2 heteroatoms. The molecule has 0 aromatic carbocycles. The molecule has 0 bridgehead atoms. The van der Waals surface area contributed by atoms with Crippen LogP contribution in [0.15, 0.2) is 0 Å². The first-order chi connectivity index (χ1) is 7.81. The highest BCUT2D eigenvalue weighted by atomic mass is 16.2. The van der Waals surface area contributed by atoms with Crippen molar-refractivity contribution >= 4 is 5.78 Å². The summed E-state index contributed by atoms with van der Waals surface area (Å²) in [6, 6.07) is 0. The molecule has 0 amide bonds. The second kappa shape index (κ2) is 12.7. The van der Waals surface area contributed by atoms with E-state index in [1.165, 1.54) is 38.5 Å². The van der Waals surface area contributed by atoms with Gasteiger partial charge in [0.2, 0.25) is 0 Å². The smallest absolute Gasteiger partial charge is 0.132 e. The van der Waals surface area contributed by atoms with Crippen LogP contribution in [0.5, 0.6) is 0 Å². The topological polar surface area (TPSA) is 37.3 Å². The third kappa shape index (κ3) is 11.7. The van der Waals surface area contributed by atoms with Gasteiger partial charge in [-0.1, -0.05) is 45.4 Å². The molecule has 0 spiro atoms. The SMILES string of the molecule is CCCCCCCCCC(=O)CCCCO. The number of unbranched alkanes of at least 4 members (excludes halogenated alkanes) is 7. The van der Waals surface area contributed by atoms with E-state index in [0.29, 0.717) is 12.2 Å². The van der Waals surface area contributed by atoms with Crippen molar-refractivity contribution in [3.63, 3.8) is 0 Å². The van der Waals surface area contributed by atoms with E-state index < -0.39 is 0 Å². The molecule has 0 aliphatic carbocycles. The minimum Gasteiger partial charge on any atom is -0.396 e. The van der Waals surface area contributed by atoms with Crippen LogP contribution in [0.25, 0.3) is 0 Å². The minimum absolute atomic E-state index is 0.213. The molecule has 0 aromatic rings. The van der Waals surface area contributed by atoms with Crippen LogP contribution in [-0.4, -0.2) is 17.5 Å². The summed E-state index contributed by atoms with van der Waals surface area (Å²) in [5, 5.41) is 8.58. The fraction of sp³-hybridized carbons (Fsp3) is 0.929. The molecule has 0 atom stereocenters. The van der Waals surface area contributed by atoms with Gasteiger partial charge in [0.05, 0.1) is 0 Å². The largest absolute Gasteiger partial charge is 0.396 e. The second-order valence-electron chi connectivity index (χ2n) is 4.59. The van der Waals surface area contributed by atoms with Crippen LogP contribution in [0.3, 0.4) is 0 Å². The summed E-state index contributed by atoms with van der Waals surface area (Å²) in [5.41, 5.74) is 0. The molecule has 0 aromatic heterocycles. The Morgan fingerprint density at radius 2 is 1.31 bits per heavy atom. The van der Waals surface area contributed by atoms with Crippen LogP contribution in [-0.2, 0) is 4.79 Å². The Morgan fingerprint density at radius 3 is 1.88 bits per heavy atom. The molecule has 0 saturated carbocycles.